The Hall–Kier alpha value is -2.24. The molecule has 1 aromatic rings. The largest absolute Gasteiger partial charge is 0.511 e. The number of aryl methyl sites for hydroxylation is 2. The maximum Gasteiger partial charge on any atom is 0.168 e. The highest BCUT2D eigenvalue weighted by Gasteiger charge is 2.37. The molecule has 0 bridgehead atoms. The third-order valence-electron chi connectivity index (χ3n) is 5.13. The summed E-state index contributed by atoms with van der Waals surface area (Å²) in [5, 5.41) is 14.8. The van der Waals surface area contributed by atoms with Gasteiger partial charge in [-0.1, -0.05) is 19.0 Å². The predicted octanol–water partition coefficient (Wildman–Crippen LogP) is 4.57. The maximum absolute atomic E-state index is 12.8. The lowest BCUT2D eigenvalue weighted by molar-refractivity contribution is -0.117. The van der Waals surface area contributed by atoms with E-state index in [1.165, 1.54) is 0 Å². The number of carbonyl (C=O) groups excluding carboxylic acids is 2. The number of Topliss-reactive ketones (excluding diaryl/α,β-unsaturated/α-hetero) is 2. The minimum absolute atomic E-state index is 0.0310. The van der Waals surface area contributed by atoms with Gasteiger partial charge in [0.15, 0.2) is 11.6 Å². The van der Waals surface area contributed by atoms with Crippen LogP contribution in [0.5, 0.6) is 0 Å². The number of allylic oxidation sites excluding steroid dienone is 2. The number of rotatable bonds is 3. The Kier molecular flexibility index (Phi) is 5.34. The number of nitrogens with zero attached hydrogens (tertiary/aromatic N) is 2. The van der Waals surface area contributed by atoms with Crippen molar-refractivity contribution in [3.8, 4) is 0 Å². The summed E-state index contributed by atoms with van der Waals surface area (Å²) >= 11 is 0. The van der Waals surface area contributed by atoms with Crippen molar-refractivity contribution in [2.24, 2.45) is 10.4 Å². The molecule has 0 saturated heterocycles. The molecule has 1 saturated carbocycles. The molecule has 0 amide bonds. The lowest BCUT2D eigenvalue weighted by atomic mass is 9.73. The summed E-state index contributed by atoms with van der Waals surface area (Å²) in [5.41, 5.74) is 1.64. The number of hydrogen-bond acceptors (Lipinski definition) is 6. The SMILES string of the molecule is CC1(C)CC(=O)C(=C(O)CCc2noc3c2C(=O)CCC3)C(=NC(C)(C)C)C1. The van der Waals surface area contributed by atoms with Gasteiger partial charge in [0.05, 0.1) is 28.1 Å². The number of aliphatic hydroxyl groups excluding tert-OH is 1. The smallest absolute Gasteiger partial charge is 0.168 e. The first kappa shape index (κ1) is 20.5. The quantitative estimate of drug-likeness (QED) is 0.607. The number of aliphatic imine (C=N–C) groups is 1. The van der Waals surface area contributed by atoms with Crippen LogP contribution in [0.1, 0.15) is 88.5 Å². The Morgan fingerprint density at radius 3 is 2.57 bits per heavy atom. The van der Waals surface area contributed by atoms with Gasteiger partial charge in [0.2, 0.25) is 0 Å². The van der Waals surface area contributed by atoms with Crippen molar-refractivity contribution in [2.75, 3.05) is 0 Å². The van der Waals surface area contributed by atoms with Crippen molar-refractivity contribution in [3.63, 3.8) is 0 Å². The van der Waals surface area contributed by atoms with Crippen LogP contribution in [0.4, 0.5) is 0 Å². The summed E-state index contributed by atoms with van der Waals surface area (Å²) in [6, 6.07) is 0. The molecular formula is C22H30N2O4. The third-order valence-corrected chi connectivity index (χ3v) is 5.13. The molecule has 2 aliphatic carbocycles. The number of carbonyl (C=O) groups is 2. The first-order chi connectivity index (χ1) is 13.0. The molecule has 0 radical (unpaired) electrons. The highest BCUT2D eigenvalue weighted by molar-refractivity contribution is 6.24. The molecule has 28 heavy (non-hydrogen) atoms. The van der Waals surface area contributed by atoms with Crippen molar-refractivity contribution in [2.45, 2.75) is 85.1 Å². The van der Waals surface area contributed by atoms with Gasteiger partial charge in [0.25, 0.3) is 0 Å². The van der Waals surface area contributed by atoms with Crippen molar-refractivity contribution >= 4 is 17.3 Å². The molecule has 0 aromatic carbocycles. The second-order valence-electron chi connectivity index (χ2n) is 9.70. The first-order valence-electron chi connectivity index (χ1n) is 10.0. The van der Waals surface area contributed by atoms with E-state index in [2.05, 4.69) is 5.16 Å². The number of ketones is 2. The Morgan fingerprint density at radius 1 is 1.18 bits per heavy atom. The van der Waals surface area contributed by atoms with E-state index in [4.69, 9.17) is 9.52 Å². The van der Waals surface area contributed by atoms with Crippen LogP contribution in [0.3, 0.4) is 0 Å². The lowest BCUT2D eigenvalue weighted by Crippen LogP contribution is -2.34. The second-order valence-corrected chi connectivity index (χ2v) is 9.70. The van der Waals surface area contributed by atoms with E-state index in [9.17, 15) is 14.7 Å². The first-order valence-corrected chi connectivity index (χ1v) is 10.0. The van der Waals surface area contributed by atoms with Crippen LogP contribution in [-0.4, -0.2) is 33.1 Å². The minimum atomic E-state index is -0.341. The molecule has 0 atom stereocenters. The van der Waals surface area contributed by atoms with Crippen LogP contribution in [0.2, 0.25) is 0 Å². The average molecular weight is 386 g/mol. The molecular weight excluding hydrogens is 356 g/mol. The molecule has 0 unspecified atom stereocenters. The molecule has 0 spiro atoms. The van der Waals surface area contributed by atoms with Gasteiger partial charge in [-0.25, -0.2) is 0 Å². The Balaban J connectivity index is 1.88. The molecule has 152 valence electrons. The van der Waals surface area contributed by atoms with E-state index in [1.54, 1.807) is 0 Å². The summed E-state index contributed by atoms with van der Waals surface area (Å²) in [6.45, 7) is 10.0. The van der Waals surface area contributed by atoms with Gasteiger partial charge < -0.3 is 9.63 Å². The third kappa shape index (κ3) is 4.42. The summed E-state index contributed by atoms with van der Waals surface area (Å²) < 4.78 is 5.31. The highest BCUT2D eigenvalue weighted by atomic mass is 16.5. The molecule has 0 aliphatic heterocycles. The van der Waals surface area contributed by atoms with Crippen LogP contribution in [0, 0.1) is 5.41 Å². The molecule has 6 nitrogen and oxygen atoms in total. The van der Waals surface area contributed by atoms with E-state index in [1.807, 2.05) is 34.6 Å². The molecule has 1 heterocycles. The standard InChI is InChI=1S/C22H30N2O4/c1-21(2,3)23-14-11-22(4,5)12-17(27)19(14)16(26)10-9-13-20-15(25)7-6-8-18(20)28-24-13/h26H,6-12H2,1-5H3. The zero-order valence-electron chi connectivity index (χ0n) is 17.5. The lowest BCUT2D eigenvalue weighted by Gasteiger charge is -2.32. The Bertz CT molecular complexity index is 866. The van der Waals surface area contributed by atoms with E-state index >= 15 is 0 Å². The van der Waals surface area contributed by atoms with Gasteiger partial charge in [-0.2, -0.15) is 0 Å². The van der Waals surface area contributed by atoms with Crippen molar-refractivity contribution in [3.05, 3.63) is 28.3 Å². The summed E-state index contributed by atoms with van der Waals surface area (Å²) in [6.07, 6.45) is 3.63. The van der Waals surface area contributed by atoms with Crippen LogP contribution in [-0.2, 0) is 17.6 Å². The summed E-state index contributed by atoms with van der Waals surface area (Å²) in [4.78, 5) is 29.7. The summed E-state index contributed by atoms with van der Waals surface area (Å²) in [7, 11) is 0. The van der Waals surface area contributed by atoms with Gasteiger partial charge >= 0.3 is 0 Å². The number of aromatic nitrogens is 1. The molecule has 2 aliphatic rings. The van der Waals surface area contributed by atoms with Crippen molar-refractivity contribution in [1.82, 2.24) is 5.16 Å². The minimum Gasteiger partial charge on any atom is -0.511 e. The molecule has 1 N–H and O–H groups in total. The Labute approximate surface area is 166 Å². The molecule has 1 aromatic heterocycles. The second kappa shape index (κ2) is 7.30. The van der Waals surface area contributed by atoms with Gasteiger partial charge in [-0.3, -0.25) is 14.6 Å². The summed E-state index contributed by atoms with van der Waals surface area (Å²) in [5.74, 6) is 0.650. The van der Waals surface area contributed by atoms with Crippen LogP contribution >= 0.6 is 0 Å². The van der Waals surface area contributed by atoms with Crippen LogP contribution in [0.15, 0.2) is 20.8 Å². The van der Waals surface area contributed by atoms with Gasteiger partial charge in [-0.15, -0.1) is 0 Å². The number of hydrogen-bond donors (Lipinski definition) is 1. The Morgan fingerprint density at radius 2 is 1.89 bits per heavy atom. The normalized spacial score (nSPS) is 23.1. The average Bonchev–Trinajstić information content (AvgIpc) is 2.94. The monoisotopic (exact) mass is 386 g/mol. The fraction of sp³-hybridized carbons (Fsp3) is 0.636. The predicted molar refractivity (Wildman–Crippen MR) is 107 cm³/mol. The van der Waals surface area contributed by atoms with Crippen molar-refractivity contribution < 1.29 is 19.2 Å². The molecule has 3 rings (SSSR count). The fourth-order valence-electron chi connectivity index (χ4n) is 4.03. The number of fused-ring (bicyclic) bond motifs is 1. The zero-order valence-corrected chi connectivity index (χ0v) is 17.5. The van der Waals surface area contributed by atoms with Gasteiger partial charge in [0.1, 0.15) is 11.5 Å². The van der Waals surface area contributed by atoms with Crippen LogP contribution < -0.4 is 0 Å². The highest BCUT2D eigenvalue weighted by Crippen LogP contribution is 2.37. The maximum atomic E-state index is 12.8. The van der Waals surface area contributed by atoms with Gasteiger partial charge in [-0.05, 0) is 39.0 Å². The topological polar surface area (TPSA) is 92.8 Å². The number of aliphatic hydroxyl groups is 1. The van der Waals surface area contributed by atoms with E-state index in [0.717, 1.165) is 12.8 Å². The van der Waals surface area contributed by atoms with Gasteiger partial charge in [0, 0.05) is 32.1 Å². The molecule has 6 heteroatoms. The van der Waals surface area contributed by atoms with E-state index in [0.29, 0.717) is 54.0 Å². The van der Waals surface area contributed by atoms with Crippen LogP contribution in [0.25, 0.3) is 0 Å². The fourth-order valence-corrected chi connectivity index (χ4v) is 4.03. The zero-order chi connectivity index (χ0) is 20.7. The van der Waals surface area contributed by atoms with Crippen molar-refractivity contribution in [1.29, 1.82) is 0 Å². The van der Waals surface area contributed by atoms with E-state index < -0.39 is 0 Å². The van der Waals surface area contributed by atoms with E-state index in [-0.39, 0.29) is 34.7 Å². The molecule has 1 fully saturated rings.